The van der Waals surface area contributed by atoms with E-state index in [1.54, 1.807) is 25.4 Å². The summed E-state index contributed by atoms with van der Waals surface area (Å²) >= 11 is 0. The van der Waals surface area contributed by atoms with Crippen LogP contribution >= 0.6 is 0 Å². The molecule has 0 unspecified atom stereocenters. The molecule has 0 atom stereocenters. The summed E-state index contributed by atoms with van der Waals surface area (Å²) in [6.07, 6.45) is 5.55. The van der Waals surface area contributed by atoms with Gasteiger partial charge in [-0.3, -0.25) is 4.99 Å². The van der Waals surface area contributed by atoms with Crippen molar-refractivity contribution in [2.24, 2.45) is 4.99 Å². The lowest BCUT2D eigenvalue weighted by Gasteiger charge is -2.27. The van der Waals surface area contributed by atoms with Crippen molar-refractivity contribution < 1.29 is 4.39 Å². The Balaban J connectivity index is 1.51. The standard InChI is InChI=1S/C23H28FN5/c1-23(2,20-5-4-6-21(24)13-20)16-28-22(25-3)27-14-18-7-9-19(10-8-18)15-29-12-11-26-17-29/h4-13,17H,14-16H2,1-3H3,(H2,25,27,28). The van der Waals surface area contributed by atoms with Crippen LogP contribution in [0.2, 0.25) is 0 Å². The van der Waals surface area contributed by atoms with Crippen molar-refractivity contribution >= 4 is 5.96 Å². The number of hydrogen-bond acceptors (Lipinski definition) is 2. The van der Waals surface area contributed by atoms with Gasteiger partial charge in [-0.05, 0) is 28.8 Å². The van der Waals surface area contributed by atoms with Gasteiger partial charge in [0.2, 0.25) is 0 Å². The Hall–Kier alpha value is -3.15. The van der Waals surface area contributed by atoms with Gasteiger partial charge in [-0.25, -0.2) is 9.37 Å². The molecular formula is C23H28FN5. The summed E-state index contributed by atoms with van der Waals surface area (Å²) in [6.45, 7) is 6.29. The number of nitrogens with one attached hydrogen (secondary N) is 2. The normalized spacial score (nSPS) is 12.1. The van der Waals surface area contributed by atoms with Crippen LogP contribution in [0.1, 0.15) is 30.5 Å². The van der Waals surface area contributed by atoms with Gasteiger partial charge in [-0.2, -0.15) is 0 Å². The van der Waals surface area contributed by atoms with Gasteiger partial charge in [0, 0.05) is 44.5 Å². The lowest BCUT2D eigenvalue weighted by molar-refractivity contribution is 0.503. The lowest BCUT2D eigenvalue weighted by atomic mass is 9.84. The summed E-state index contributed by atoms with van der Waals surface area (Å²) in [4.78, 5) is 8.36. The average Bonchev–Trinajstić information content (AvgIpc) is 3.22. The smallest absolute Gasteiger partial charge is 0.191 e. The van der Waals surface area contributed by atoms with Crippen LogP contribution in [0.3, 0.4) is 0 Å². The number of aliphatic imine (C=N–C) groups is 1. The molecular weight excluding hydrogens is 365 g/mol. The van der Waals surface area contributed by atoms with Crippen molar-refractivity contribution in [3.63, 3.8) is 0 Å². The first-order valence-corrected chi connectivity index (χ1v) is 9.70. The first-order valence-electron chi connectivity index (χ1n) is 9.70. The Labute approximate surface area is 171 Å². The highest BCUT2D eigenvalue weighted by Crippen LogP contribution is 2.22. The van der Waals surface area contributed by atoms with Gasteiger partial charge >= 0.3 is 0 Å². The minimum atomic E-state index is -0.227. The van der Waals surface area contributed by atoms with Crippen LogP contribution < -0.4 is 10.6 Å². The summed E-state index contributed by atoms with van der Waals surface area (Å²) < 4.78 is 15.6. The minimum Gasteiger partial charge on any atom is -0.356 e. The molecule has 1 aromatic heterocycles. The third kappa shape index (κ3) is 5.91. The first kappa shape index (κ1) is 20.6. The van der Waals surface area contributed by atoms with Crippen LogP contribution in [0, 0.1) is 5.82 Å². The SMILES string of the molecule is CN=C(NCc1ccc(Cn2ccnc2)cc1)NCC(C)(C)c1cccc(F)c1. The summed E-state index contributed by atoms with van der Waals surface area (Å²) in [5.41, 5.74) is 3.13. The van der Waals surface area contributed by atoms with Crippen molar-refractivity contribution in [3.05, 3.63) is 89.8 Å². The maximum Gasteiger partial charge on any atom is 0.191 e. The predicted molar refractivity (Wildman–Crippen MR) is 115 cm³/mol. The van der Waals surface area contributed by atoms with Crippen LogP contribution in [-0.2, 0) is 18.5 Å². The first-order chi connectivity index (χ1) is 14.0. The van der Waals surface area contributed by atoms with Crippen LogP contribution in [0.4, 0.5) is 4.39 Å². The fraction of sp³-hybridized carbons (Fsp3) is 0.304. The van der Waals surface area contributed by atoms with Gasteiger partial charge < -0.3 is 15.2 Å². The largest absolute Gasteiger partial charge is 0.356 e. The quantitative estimate of drug-likeness (QED) is 0.475. The molecule has 0 aliphatic rings. The van der Waals surface area contributed by atoms with E-state index in [9.17, 15) is 4.39 Å². The van der Waals surface area contributed by atoms with Gasteiger partial charge in [-0.15, -0.1) is 0 Å². The van der Waals surface area contributed by atoms with Gasteiger partial charge in [0.1, 0.15) is 5.82 Å². The lowest BCUT2D eigenvalue weighted by Crippen LogP contribution is -2.43. The molecule has 6 heteroatoms. The molecule has 0 saturated heterocycles. The Morgan fingerprint density at radius 3 is 2.52 bits per heavy atom. The molecule has 152 valence electrons. The molecule has 29 heavy (non-hydrogen) atoms. The van der Waals surface area contributed by atoms with Crippen LogP contribution in [-0.4, -0.2) is 29.1 Å². The van der Waals surface area contributed by atoms with Gasteiger partial charge in [0.25, 0.3) is 0 Å². The van der Waals surface area contributed by atoms with Crippen molar-refractivity contribution in [1.29, 1.82) is 0 Å². The van der Waals surface area contributed by atoms with Crippen molar-refractivity contribution in [2.75, 3.05) is 13.6 Å². The van der Waals surface area contributed by atoms with E-state index in [0.717, 1.165) is 18.1 Å². The van der Waals surface area contributed by atoms with E-state index in [4.69, 9.17) is 0 Å². The number of rotatable bonds is 7. The fourth-order valence-electron chi connectivity index (χ4n) is 3.08. The molecule has 0 aliphatic heterocycles. The highest BCUT2D eigenvalue weighted by molar-refractivity contribution is 5.79. The molecule has 0 spiro atoms. The Morgan fingerprint density at radius 2 is 1.86 bits per heavy atom. The third-order valence-electron chi connectivity index (χ3n) is 4.93. The molecule has 0 amide bonds. The second-order valence-electron chi connectivity index (χ2n) is 7.73. The molecule has 2 N–H and O–H groups in total. The number of benzene rings is 2. The number of guanidine groups is 1. The Morgan fingerprint density at radius 1 is 1.10 bits per heavy atom. The maximum absolute atomic E-state index is 13.5. The maximum atomic E-state index is 13.5. The molecule has 0 fully saturated rings. The van der Waals surface area contributed by atoms with Crippen LogP contribution in [0.15, 0.2) is 72.2 Å². The van der Waals surface area contributed by atoms with E-state index in [1.807, 2.05) is 23.2 Å². The van der Waals surface area contributed by atoms with E-state index in [2.05, 4.69) is 58.7 Å². The number of hydrogen-bond donors (Lipinski definition) is 2. The van der Waals surface area contributed by atoms with Crippen molar-refractivity contribution in [1.82, 2.24) is 20.2 Å². The summed E-state index contributed by atoms with van der Waals surface area (Å²) in [5, 5.41) is 6.68. The molecule has 0 bridgehead atoms. The Kier molecular flexibility index (Phi) is 6.65. The molecule has 3 aromatic rings. The molecule has 1 heterocycles. The van der Waals surface area contributed by atoms with E-state index in [-0.39, 0.29) is 11.2 Å². The average molecular weight is 394 g/mol. The van der Waals surface area contributed by atoms with Crippen LogP contribution in [0.25, 0.3) is 0 Å². The zero-order chi connectivity index (χ0) is 20.7. The molecule has 2 aromatic carbocycles. The molecule has 0 saturated carbocycles. The van der Waals surface area contributed by atoms with E-state index in [0.29, 0.717) is 13.1 Å². The zero-order valence-electron chi connectivity index (χ0n) is 17.2. The molecule has 3 rings (SSSR count). The minimum absolute atomic E-state index is 0.213. The van der Waals surface area contributed by atoms with Crippen LogP contribution in [0.5, 0.6) is 0 Å². The number of imidazole rings is 1. The highest BCUT2D eigenvalue weighted by atomic mass is 19.1. The number of nitrogens with zero attached hydrogens (tertiary/aromatic N) is 3. The number of halogens is 1. The number of aromatic nitrogens is 2. The highest BCUT2D eigenvalue weighted by Gasteiger charge is 2.21. The Bertz CT molecular complexity index is 930. The second-order valence-corrected chi connectivity index (χ2v) is 7.73. The molecule has 0 radical (unpaired) electrons. The van der Waals surface area contributed by atoms with E-state index in [1.165, 1.54) is 17.2 Å². The summed E-state index contributed by atoms with van der Waals surface area (Å²) in [6, 6.07) is 15.2. The summed E-state index contributed by atoms with van der Waals surface area (Å²) in [7, 11) is 1.75. The monoisotopic (exact) mass is 393 g/mol. The van der Waals surface area contributed by atoms with Crippen molar-refractivity contribution in [2.45, 2.75) is 32.4 Å². The topological polar surface area (TPSA) is 54.2 Å². The fourth-order valence-corrected chi connectivity index (χ4v) is 3.08. The molecule has 0 aliphatic carbocycles. The van der Waals surface area contributed by atoms with Gasteiger partial charge in [0.15, 0.2) is 5.96 Å². The van der Waals surface area contributed by atoms with Gasteiger partial charge in [0.05, 0.1) is 6.33 Å². The third-order valence-corrected chi connectivity index (χ3v) is 4.93. The zero-order valence-corrected chi connectivity index (χ0v) is 17.2. The van der Waals surface area contributed by atoms with Gasteiger partial charge in [-0.1, -0.05) is 50.2 Å². The van der Waals surface area contributed by atoms with Crippen molar-refractivity contribution in [3.8, 4) is 0 Å². The summed E-state index contributed by atoms with van der Waals surface area (Å²) in [5.74, 6) is 0.506. The predicted octanol–water partition coefficient (Wildman–Crippen LogP) is 3.71. The second kappa shape index (κ2) is 9.37. The van der Waals surface area contributed by atoms with E-state index < -0.39 is 0 Å². The molecule has 5 nitrogen and oxygen atoms in total. The van der Waals surface area contributed by atoms with E-state index >= 15 is 0 Å².